The van der Waals surface area contributed by atoms with Crippen molar-refractivity contribution < 1.29 is 38.1 Å². The zero-order valence-electron chi connectivity index (χ0n) is 13.9. The van der Waals surface area contributed by atoms with Crippen LogP contribution in [0.3, 0.4) is 0 Å². The summed E-state index contributed by atoms with van der Waals surface area (Å²) in [4.78, 5) is 45.3. The van der Waals surface area contributed by atoms with Gasteiger partial charge in [0.25, 0.3) is 0 Å². The van der Waals surface area contributed by atoms with Crippen molar-refractivity contribution in [2.45, 2.75) is 13.3 Å². The van der Waals surface area contributed by atoms with E-state index in [0.29, 0.717) is 11.3 Å². The molecule has 0 aliphatic rings. The molecular formula is C17H18O8. The summed E-state index contributed by atoms with van der Waals surface area (Å²) < 4.78 is 18.6. The van der Waals surface area contributed by atoms with Crippen LogP contribution >= 0.6 is 0 Å². The second-order valence-electron chi connectivity index (χ2n) is 4.56. The summed E-state index contributed by atoms with van der Waals surface area (Å²) in [5.41, 5.74) is 0.632. The van der Waals surface area contributed by atoms with E-state index in [2.05, 4.69) is 14.2 Å². The summed E-state index contributed by atoms with van der Waals surface area (Å²) in [7, 11) is 1.52. The average Bonchev–Trinajstić information content (AvgIpc) is 2.59. The largest absolute Gasteiger partial charge is 0.497 e. The molecule has 0 spiro atoms. The van der Waals surface area contributed by atoms with Gasteiger partial charge in [-0.15, -0.1) is 0 Å². The lowest BCUT2D eigenvalue weighted by molar-refractivity contribution is -0.165. The van der Waals surface area contributed by atoms with Gasteiger partial charge >= 0.3 is 23.9 Å². The number of esters is 4. The first-order valence-electron chi connectivity index (χ1n) is 7.32. The molecule has 8 nitrogen and oxygen atoms in total. The van der Waals surface area contributed by atoms with Gasteiger partial charge in [-0.1, -0.05) is 12.1 Å². The quantitative estimate of drug-likeness (QED) is 0.296. The maximum atomic E-state index is 11.6. The fraction of sp³-hybridized carbons (Fsp3) is 0.294. The minimum Gasteiger partial charge on any atom is -0.497 e. The third kappa shape index (κ3) is 8.31. The minimum atomic E-state index is -1.02. The Morgan fingerprint density at radius 3 is 2.08 bits per heavy atom. The van der Waals surface area contributed by atoms with Crippen molar-refractivity contribution in [1.29, 1.82) is 0 Å². The lowest BCUT2D eigenvalue weighted by Gasteiger charge is -2.04. The molecule has 25 heavy (non-hydrogen) atoms. The number of benzene rings is 1. The first-order valence-corrected chi connectivity index (χ1v) is 7.32. The third-order valence-electron chi connectivity index (χ3n) is 2.71. The van der Waals surface area contributed by atoms with Crippen molar-refractivity contribution in [2.24, 2.45) is 0 Å². The first kappa shape index (κ1) is 19.9. The van der Waals surface area contributed by atoms with E-state index in [0.717, 1.165) is 12.2 Å². The first-order chi connectivity index (χ1) is 11.9. The molecule has 0 saturated carbocycles. The molecule has 0 radical (unpaired) electrons. The van der Waals surface area contributed by atoms with Crippen LogP contribution in [0.4, 0.5) is 0 Å². The molecular weight excluding hydrogens is 332 g/mol. The zero-order valence-corrected chi connectivity index (χ0v) is 13.9. The maximum Gasteiger partial charge on any atom is 0.351 e. The monoisotopic (exact) mass is 350 g/mol. The molecule has 0 fully saturated rings. The molecule has 0 saturated heterocycles. The van der Waals surface area contributed by atoms with Crippen LogP contribution in [-0.2, 0) is 39.8 Å². The number of rotatable bonds is 8. The van der Waals surface area contributed by atoms with Gasteiger partial charge < -0.3 is 18.9 Å². The van der Waals surface area contributed by atoms with E-state index in [1.807, 2.05) is 0 Å². The Balaban J connectivity index is 2.34. The van der Waals surface area contributed by atoms with Crippen LogP contribution in [0, 0.1) is 0 Å². The second-order valence-corrected chi connectivity index (χ2v) is 4.56. The molecule has 0 atom stereocenters. The molecule has 1 aromatic carbocycles. The summed E-state index contributed by atoms with van der Waals surface area (Å²) >= 11 is 0. The van der Waals surface area contributed by atoms with E-state index >= 15 is 0 Å². The van der Waals surface area contributed by atoms with Crippen LogP contribution in [0.15, 0.2) is 36.4 Å². The Kier molecular flexibility index (Phi) is 8.42. The van der Waals surface area contributed by atoms with E-state index in [9.17, 15) is 19.2 Å². The van der Waals surface area contributed by atoms with Gasteiger partial charge in [0.2, 0.25) is 0 Å². The smallest absolute Gasteiger partial charge is 0.351 e. The number of ether oxygens (including phenoxy) is 4. The molecule has 0 amide bonds. The number of carbonyl (C=O) groups is 4. The number of carbonyl (C=O) groups excluding carboxylic acids is 4. The zero-order chi connectivity index (χ0) is 18.7. The van der Waals surface area contributed by atoms with Crippen molar-refractivity contribution in [3.05, 3.63) is 42.0 Å². The Labute approximate surface area is 144 Å². The Bertz CT molecular complexity index is 645. The van der Waals surface area contributed by atoms with Crippen LogP contribution in [0.25, 0.3) is 0 Å². The van der Waals surface area contributed by atoms with E-state index in [1.54, 1.807) is 31.2 Å². The van der Waals surface area contributed by atoms with E-state index in [1.165, 1.54) is 7.11 Å². The summed E-state index contributed by atoms with van der Waals surface area (Å²) in [6, 6.07) is 6.65. The molecule has 0 aromatic heterocycles. The van der Waals surface area contributed by atoms with Crippen LogP contribution in [-0.4, -0.2) is 44.2 Å². The van der Waals surface area contributed by atoms with Crippen molar-refractivity contribution >= 4 is 23.9 Å². The Hall–Kier alpha value is -3.16. The average molecular weight is 350 g/mol. The van der Waals surface area contributed by atoms with Crippen molar-refractivity contribution in [2.75, 3.05) is 20.3 Å². The van der Waals surface area contributed by atoms with Crippen LogP contribution < -0.4 is 4.74 Å². The summed E-state index contributed by atoms with van der Waals surface area (Å²) in [5.74, 6) is -2.81. The van der Waals surface area contributed by atoms with E-state index < -0.39 is 30.5 Å². The number of hydrogen-bond acceptors (Lipinski definition) is 8. The lowest BCUT2D eigenvalue weighted by Crippen LogP contribution is -2.20. The van der Waals surface area contributed by atoms with Gasteiger partial charge in [-0.05, 0) is 24.6 Å². The Morgan fingerprint density at radius 1 is 0.920 bits per heavy atom. The summed E-state index contributed by atoms with van der Waals surface area (Å²) in [6.07, 6.45) is 1.56. The van der Waals surface area contributed by atoms with E-state index in [-0.39, 0.29) is 13.0 Å². The van der Waals surface area contributed by atoms with Gasteiger partial charge in [0.15, 0.2) is 6.61 Å². The molecule has 1 rings (SSSR count). The van der Waals surface area contributed by atoms with Gasteiger partial charge in [0, 0.05) is 12.2 Å². The van der Waals surface area contributed by atoms with Gasteiger partial charge in [-0.3, -0.25) is 4.79 Å². The maximum absolute atomic E-state index is 11.6. The molecule has 8 heteroatoms. The van der Waals surface area contributed by atoms with Gasteiger partial charge in [0.05, 0.1) is 20.1 Å². The molecule has 1 aromatic rings. The predicted octanol–water partition coefficient (Wildman–Crippen LogP) is 0.970. The predicted molar refractivity (Wildman–Crippen MR) is 84.5 cm³/mol. The molecule has 0 aliphatic heterocycles. The lowest BCUT2D eigenvalue weighted by atomic mass is 10.1. The Morgan fingerprint density at radius 2 is 1.52 bits per heavy atom. The van der Waals surface area contributed by atoms with Gasteiger partial charge in [-0.25, -0.2) is 14.4 Å². The highest BCUT2D eigenvalue weighted by Gasteiger charge is 2.13. The van der Waals surface area contributed by atoms with Gasteiger partial charge in [-0.2, -0.15) is 0 Å². The summed E-state index contributed by atoms with van der Waals surface area (Å²) in [6.45, 7) is 1.03. The molecule has 0 bridgehead atoms. The third-order valence-corrected chi connectivity index (χ3v) is 2.71. The molecule has 0 N–H and O–H groups in total. The fourth-order valence-corrected chi connectivity index (χ4v) is 1.61. The highest BCUT2D eigenvalue weighted by molar-refractivity contribution is 5.93. The van der Waals surface area contributed by atoms with Crippen molar-refractivity contribution in [3.8, 4) is 5.75 Å². The number of methoxy groups -OCH3 is 1. The van der Waals surface area contributed by atoms with Crippen LogP contribution in [0.2, 0.25) is 0 Å². The molecule has 0 unspecified atom stereocenters. The van der Waals surface area contributed by atoms with Crippen LogP contribution in [0.5, 0.6) is 5.75 Å². The van der Waals surface area contributed by atoms with Crippen molar-refractivity contribution in [1.82, 2.24) is 0 Å². The molecule has 134 valence electrons. The minimum absolute atomic E-state index is 0.119. The fourth-order valence-electron chi connectivity index (χ4n) is 1.61. The second kappa shape index (κ2) is 10.6. The topological polar surface area (TPSA) is 105 Å². The highest BCUT2D eigenvalue weighted by atomic mass is 16.6. The van der Waals surface area contributed by atoms with Gasteiger partial charge in [0.1, 0.15) is 5.75 Å². The normalized spacial score (nSPS) is 10.2. The van der Waals surface area contributed by atoms with Crippen LogP contribution in [0.1, 0.15) is 12.5 Å². The summed E-state index contributed by atoms with van der Waals surface area (Å²) in [5, 5.41) is 0. The van der Waals surface area contributed by atoms with Crippen molar-refractivity contribution in [3.63, 3.8) is 0 Å². The van der Waals surface area contributed by atoms with E-state index in [4.69, 9.17) is 4.74 Å². The molecule has 0 heterocycles. The highest BCUT2D eigenvalue weighted by Crippen LogP contribution is 2.12. The number of hydrogen-bond donors (Lipinski definition) is 0. The SMILES string of the molecule is CCOC(=O)C=CC(=O)OCC(=O)OC(=O)Cc1ccc(OC)cc1. The standard InChI is InChI=1S/C17H18O8/c1-3-23-14(18)8-9-15(19)24-11-17(21)25-16(20)10-12-4-6-13(22-2)7-5-12/h4-9H,3,10-11H2,1-2H3. The molecule has 0 aliphatic carbocycles.